The van der Waals surface area contributed by atoms with Gasteiger partial charge in [-0.2, -0.15) is 0 Å². The number of hydrogen-bond acceptors (Lipinski definition) is 3. The van der Waals surface area contributed by atoms with E-state index >= 15 is 0 Å². The van der Waals surface area contributed by atoms with Gasteiger partial charge in [0, 0.05) is 16.8 Å². The van der Waals surface area contributed by atoms with Gasteiger partial charge in [0.2, 0.25) is 5.60 Å². The molecule has 6 heteroatoms. The fraction of sp³-hybridized carbons (Fsp3) is 0.125. The molecular formula is C16H9F2NO3. The third-order valence-electron chi connectivity index (χ3n) is 3.95. The molecule has 2 atom stereocenters. The van der Waals surface area contributed by atoms with Crippen molar-refractivity contribution in [3.8, 4) is 0 Å². The molecule has 1 fully saturated rings. The number of benzene rings is 2. The topological polar surface area (TPSA) is 58.7 Å². The molecule has 0 bridgehead atoms. The average molecular weight is 301 g/mol. The second kappa shape index (κ2) is 4.20. The molecule has 1 saturated heterocycles. The minimum atomic E-state index is -1.47. The monoisotopic (exact) mass is 301 g/mol. The summed E-state index contributed by atoms with van der Waals surface area (Å²) in [6.07, 6.45) is -1.03. The number of ether oxygens (including phenoxy) is 1. The van der Waals surface area contributed by atoms with Crippen LogP contribution in [0.2, 0.25) is 0 Å². The van der Waals surface area contributed by atoms with Crippen LogP contribution in [-0.4, -0.2) is 17.8 Å². The maximum atomic E-state index is 13.4. The third-order valence-corrected chi connectivity index (χ3v) is 3.95. The maximum Gasteiger partial charge on any atom is 0.264 e. The van der Waals surface area contributed by atoms with Crippen molar-refractivity contribution >= 4 is 17.4 Å². The maximum absolute atomic E-state index is 13.4. The van der Waals surface area contributed by atoms with Crippen LogP contribution in [0.3, 0.4) is 0 Å². The highest BCUT2D eigenvalue weighted by molar-refractivity contribution is 6.15. The first-order valence-corrected chi connectivity index (χ1v) is 6.61. The largest absolute Gasteiger partial charge is 0.342 e. The Morgan fingerprint density at radius 1 is 1.09 bits per heavy atom. The highest BCUT2D eigenvalue weighted by atomic mass is 19.1. The van der Waals surface area contributed by atoms with Crippen LogP contribution in [0.4, 0.5) is 14.5 Å². The van der Waals surface area contributed by atoms with E-state index in [2.05, 4.69) is 5.32 Å². The van der Waals surface area contributed by atoms with E-state index in [0.29, 0.717) is 11.3 Å². The van der Waals surface area contributed by atoms with Crippen LogP contribution in [0.5, 0.6) is 0 Å². The molecule has 2 aromatic carbocycles. The normalized spacial score (nSPS) is 25.0. The summed E-state index contributed by atoms with van der Waals surface area (Å²) in [5, 5.41) is 2.58. The van der Waals surface area contributed by atoms with Crippen LogP contribution in [-0.2, 0) is 15.1 Å². The van der Waals surface area contributed by atoms with Gasteiger partial charge in [0.25, 0.3) is 5.91 Å². The number of carbonyl (C=O) groups excluding carboxylic acids is 2. The zero-order valence-electron chi connectivity index (χ0n) is 11.1. The van der Waals surface area contributed by atoms with Gasteiger partial charge < -0.3 is 10.1 Å². The molecule has 0 radical (unpaired) electrons. The van der Waals surface area contributed by atoms with Crippen molar-refractivity contribution in [1.29, 1.82) is 0 Å². The second-order valence-electron chi connectivity index (χ2n) is 5.25. The molecule has 110 valence electrons. The van der Waals surface area contributed by atoms with Gasteiger partial charge in [-0.3, -0.25) is 9.59 Å². The van der Waals surface area contributed by atoms with E-state index in [9.17, 15) is 18.4 Å². The summed E-state index contributed by atoms with van der Waals surface area (Å²) in [7, 11) is 0. The Balaban J connectivity index is 1.71. The summed E-state index contributed by atoms with van der Waals surface area (Å²) in [6, 6.07) is 8.80. The lowest BCUT2D eigenvalue weighted by atomic mass is 9.92. The van der Waals surface area contributed by atoms with Gasteiger partial charge in [0.15, 0.2) is 11.9 Å². The zero-order chi connectivity index (χ0) is 15.5. The molecule has 0 saturated carbocycles. The molecule has 1 spiro atoms. The van der Waals surface area contributed by atoms with Crippen LogP contribution < -0.4 is 5.32 Å². The van der Waals surface area contributed by atoms with Crippen molar-refractivity contribution in [3.05, 3.63) is 65.2 Å². The van der Waals surface area contributed by atoms with E-state index in [-0.39, 0.29) is 5.56 Å². The molecule has 2 heterocycles. The van der Waals surface area contributed by atoms with Crippen LogP contribution in [0, 0.1) is 11.6 Å². The van der Waals surface area contributed by atoms with Crippen molar-refractivity contribution in [2.45, 2.75) is 11.7 Å². The predicted octanol–water partition coefficient (Wildman–Crippen LogP) is 2.39. The van der Waals surface area contributed by atoms with Crippen LogP contribution in [0.15, 0.2) is 42.5 Å². The number of ketones is 1. The minimum Gasteiger partial charge on any atom is -0.342 e. The molecule has 22 heavy (non-hydrogen) atoms. The fourth-order valence-corrected chi connectivity index (χ4v) is 2.80. The number of epoxide rings is 1. The SMILES string of the molecule is O=C(c1ccc(F)cc1)[C@@H]1O[C@]12C(=O)Nc1ccc(F)cc12. The van der Waals surface area contributed by atoms with E-state index in [0.717, 1.165) is 12.1 Å². The number of halogens is 2. The van der Waals surface area contributed by atoms with Gasteiger partial charge in [-0.25, -0.2) is 8.78 Å². The Labute approximate surface area is 123 Å². The summed E-state index contributed by atoms with van der Waals surface area (Å²) in [5.41, 5.74) is -0.484. The summed E-state index contributed by atoms with van der Waals surface area (Å²) >= 11 is 0. The molecule has 1 N–H and O–H groups in total. The molecule has 2 aliphatic rings. The van der Waals surface area contributed by atoms with Gasteiger partial charge in [0.05, 0.1) is 0 Å². The second-order valence-corrected chi connectivity index (χ2v) is 5.25. The van der Waals surface area contributed by atoms with E-state index in [4.69, 9.17) is 4.74 Å². The number of Topliss-reactive ketones (excluding diaryl/α,β-unsaturated/α-hetero) is 1. The molecule has 0 unspecified atom stereocenters. The number of amides is 1. The van der Waals surface area contributed by atoms with Crippen molar-refractivity contribution in [2.75, 3.05) is 5.32 Å². The number of anilines is 1. The Morgan fingerprint density at radius 2 is 1.77 bits per heavy atom. The fourth-order valence-electron chi connectivity index (χ4n) is 2.80. The lowest BCUT2D eigenvalue weighted by Gasteiger charge is -2.03. The van der Waals surface area contributed by atoms with E-state index in [1.807, 2.05) is 0 Å². The first-order valence-electron chi connectivity index (χ1n) is 6.61. The Bertz CT molecular complexity index is 819. The minimum absolute atomic E-state index is 0.237. The van der Waals surface area contributed by atoms with Crippen molar-refractivity contribution < 1.29 is 23.1 Å². The molecule has 2 aromatic rings. The van der Waals surface area contributed by atoms with Crippen LogP contribution >= 0.6 is 0 Å². The molecule has 1 amide bonds. The van der Waals surface area contributed by atoms with E-state index < -0.39 is 35.0 Å². The molecule has 0 aliphatic carbocycles. The van der Waals surface area contributed by atoms with E-state index in [1.54, 1.807) is 0 Å². The van der Waals surface area contributed by atoms with Gasteiger partial charge in [-0.15, -0.1) is 0 Å². The lowest BCUT2D eigenvalue weighted by molar-refractivity contribution is -0.120. The van der Waals surface area contributed by atoms with Gasteiger partial charge >= 0.3 is 0 Å². The highest BCUT2D eigenvalue weighted by Crippen LogP contribution is 2.54. The van der Waals surface area contributed by atoms with Crippen LogP contribution in [0.25, 0.3) is 0 Å². The number of rotatable bonds is 2. The zero-order valence-corrected chi connectivity index (χ0v) is 11.1. The number of fused-ring (bicyclic) bond motifs is 2. The van der Waals surface area contributed by atoms with Crippen molar-refractivity contribution in [2.24, 2.45) is 0 Å². The molecule has 2 aliphatic heterocycles. The van der Waals surface area contributed by atoms with Gasteiger partial charge in [-0.1, -0.05) is 0 Å². The third kappa shape index (κ3) is 1.64. The summed E-state index contributed by atoms with van der Waals surface area (Å²) in [4.78, 5) is 24.6. The standard InChI is InChI=1S/C16H9F2NO3/c17-9-3-1-8(2-4-9)13(20)14-16(22-14)11-7-10(18)5-6-12(11)19-15(16)21/h1-7,14H,(H,19,21)/t14-,16-/m0/s1. The quantitative estimate of drug-likeness (QED) is 0.684. The van der Waals surface area contributed by atoms with Crippen molar-refractivity contribution in [3.63, 3.8) is 0 Å². The molecule has 4 nitrogen and oxygen atoms in total. The highest BCUT2D eigenvalue weighted by Gasteiger charge is 2.70. The molecule has 0 aromatic heterocycles. The van der Waals surface area contributed by atoms with E-state index in [1.165, 1.54) is 30.3 Å². The summed E-state index contributed by atoms with van der Waals surface area (Å²) in [5.74, 6) is -1.91. The predicted molar refractivity (Wildman–Crippen MR) is 72.3 cm³/mol. The Hall–Kier alpha value is -2.60. The summed E-state index contributed by atoms with van der Waals surface area (Å²) < 4.78 is 31.7. The Morgan fingerprint density at radius 3 is 2.50 bits per heavy atom. The van der Waals surface area contributed by atoms with Crippen molar-refractivity contribution in [1.82, 2.24) is 0 Å². The van der Waals surface area contributed by atoms with Gasteiger partial charge in [-0.05, 0) is 42.5 Å². The van der Waals surface area contributed by atoms with Gasteiger partial charge in [0.1, 0.15) is 11.6 Å². The first-order chi connectivity index (χ1) is 10.5. The Kier molecular flexibility index (Phi) is 2.50. The molecular weight excluding hydrogens is 292 g/mol. The van der Waals surface area contributed by atoms with Crippen LogP contribution in [0.1, 0.15) is 15.9 Å². The number of hydrogen-bond donors (Lipinski definition) is 1. The average Bonchev–Trinajstić information content (AvgIpc) is 3.19. The number of carbonyl (C=O) groups is 2. The molecule has 4 rings (SSSR count). The lowest BCUT2D eigenvalue weighted by Crippen LogP contribution is -2.27. The number of nitrogens with one attached hydrogen (secondary N) is 1. The summed E-state index contributed by atoms with van der Waals surface area (Å²) in [6.45, 7) is 0. The first kappa shape index (κ1) is 13.1. The smallest absolute Gasteiger partial charge is 0.264 e.